The number of nitrogens with two attached hydrogens (primary N) is 1. The number of hydrogen-bond donors (Lipinski definition) is 1. The van der Waals surface area contributed by atoms with E-state index in [1.54, 1.807) is 11.3 Å². The molecule has 2 rings (SSSR count). The van der Waals surface area contributed by atoms with E-state index < -0.39 is 0 Å². The third-order valence-electron chi connectivity index (χ3n) is 3.68. The van der Waals surface area contributed by atoms with Crippen molar-refractivity contribution in [1.82, 2.24) is 9.88 Å². The van der Waals surface area contributed by atoms with Crippen LogP contribution in [0, 0.1) is 5.92 Å². The Kier molecular flexibility index (Phi) is 4.76. The number of hydrogen-bond acceptors (Lipinski definition) is 5. The summed E-state index contributed by atoms with van der Waals surface area (Å²) >= 11 is 1.65. The van der Waals surface area contributed by atoms with Gasteiger partial charge in [-0.25, -0.2) is 4.98 Å². The Morgan fingerprint density at radius 2 is 2.16 bits per heavy atom. The Morgan fingerprint density at radius 1 is 1.37 bits per heavy atom. The van der Waals surface area contributed by atoms with E-state index >= 15 is 0 Å². The number of amides is 1. The first-order chi connectivity index (χ1) is 9.09. The summed E-state index contributed by atoms with van der Waals surface area (Å²) in [6.07, 6.45) is 2.81. The van der Waals surface area contributed by atoms with Gasteiger partial charge in [-0.05, 0) is 13.3 Å². The molecule has 0 spiro atoms. The van der Waals surface area contributed by atoms with Crippen molar-refractivity contribution in [3.8, 4) is 0 Å². The molecular formula is C13H22N4OS. The van der Waals surface area contributed by atoms with Crippen LogP contribution in [0.2, 0.25) is 0 Å². The highest BCUT2D eigenvalue weighted by Gasteiger charge is 2.25. The van der Waals surface area contributed by atoms with E-state index in [1.165, 1.54) is 0 Å². The number of carbonyl (C=O) groups excluding carboxylic acids is 1. The fraction of sp³-hybridized carbons (Fsp3) is 0.692. The maximum atomic E-state index is 12.3. The predicted molar refractivity (Wildman–Crippen MR) is 78.3 cm³/mol. The lowest BCUT2D eigenvalue weighted by molar-refractivity contribution is -0.135. The zero-order chi connectivity index (χ0) is 13.8. The van der Waals surface area contributed by atoms with E-state index in [1.807, 2.05) is 30.3 Å². The summed E-state index contributed by atoms with van der Waals surface area (Å²) in [4.78, 5) is 20.8. The Bertz CT molecular complexity index is 407. The number of carbonyl (C=O) groups is 1. The monoisotopic (exact) mass is 282 g/mol. The Morgan fingerprint density at radius 3 is 2.79 bits per heavy atom. The highest BCUT2D eigenvalue weighted by atomic mass is 32.1. The standard InChI is InChI=1S/C13H22N4OS/c1-10(11(2)14)12(18)16-5-3-6-17(8-7-16)13-15-4-9-19-13/h4,9-11H,3,5-8,14H2,1-2H3. The number of thiazole rings is 1. The van der Waals surface area contributed by atoms with E-state index in [4.69, 9.17) is 5.73 Å². The summed E-state index contributed by atoms with van der Waals surface area (Å²) in [7, 11) is 0. The van der Waals surface area contributed by atoms with Crippen molar-refractivity contribution in [3.63, 3.8) is 0 Å². The van der Waals surface area contributed by atoms with Gasteiger partial charge in [0.05, 0.1) is 5.92 Å². The van der Waals surface area contributed by atoms with Crippen LogP contribution in [0.4, 0.5) is 5.13 Å². The van der Waals surface area contributed by atoms with Crippen LogP contribution < -0.4 is 10.6 Å². The average molecular weight is 282 g/mol. The summed E-state index contributed by atoms with van der Waals surface area (Å²) < 4.78 is 0. The molecule has 0 aliphatic carbocycles. The molecule has 1 saturated heterocycles. The van der Waals surface area contributed by atoms with Gasteiger partial charge in [0, 0.05) is 43.8 Å². The first-order valence-corrected chi connectivity index (χ1v) is 7.66. The number of rotatable bonds is 3. The molecule has 1 fully saturated rings. The zero-order valence-corrected chi connectivity index (χ0v) is 12.4. The molecule has 2 heterocycles. The Labute approximate surface area is 118 Å². The molecule has 1 aliphatic rings. The smallest absolute Gasteiger partial charge is 0.227 e. The molecule has 1 aromatic heterocycles. The van der Waals surface area contributed by atoms with E-state index in [0.717, 1.165) is 37.7 Å². The summed E-state index contributed by atoms with van der Waals surface area (Å²) in [6.45, 7) is 7.20. The van der Waals surface area contributed by atoms with E-state index in [9.17, 15) is 4.79 Å². The fourth-order valence-corrected chi connectivity index (χ4v) is 2.91. The minimum Gasteiger partial charge on any atom is -0.346 e. The van der Waals surface area contributed by atoms with Crippen molar-refractivity contribution < 1.29 is 4.79 Å². The van der Waals surface area contributed by atoms with Crippen LogP contribution in [0.5, 0.6) is 0 Å². The summed E-state index contributed by atoms with van der Waals surface area (Å²) in [5.74, 6) is 0.0717. The maximum absolute atomic E-state index is 12.3. The van der Waals surface area contributed by atoms with Crippen molar-refractivity contribution in [2.75, 3.05) is 31.1 Å². The van der Waals surface area contributed by atoms with Crippen LogP contribution in [0.3, 0.4) is 0 Å². The first kappa shape index (κ1) is 14.3. The van der Waals surface area contributed by atoms with Crippen molar-refractivity contribution in [3.05, 3.63) is 11.6 Å². The molecule has 2 unspecified atom stereocenters. The fourth-order valence-electron chi connectivity index (χ4n) is 2.21. The SMILES string of the molecule is CC(N)C(C)C(=O)N1CCCN(c2nccs2)CC1. The zero-order valence-electron chi connectivity index (χ0n) is 11.6. The van der Waals surface area contributed by atoms with Crippen molar-refractivity contribution >= 4 is 22.4 Å². The molecule has 0 bridgehead atoms. The summed E-state index contributed by atoms with van der Waals surface area (Å²) in [5.41, 5.74) is 5.82. The first-order valence-electron chi connectivity index (χ1n) is 6.78. The van der Waals surface area contributed by atoms with Crippen LogP contribution in [0.1, 0.15) is 20.3 Å². The Hall–Kier alpha value is -1.14. The van der Waals surface area contributed by atoms with Crippen molar-refractivity contribution in [2.45, 2.75) is 26.3 Å². The molecule has 0 aromatic carbocycles. The average Bonchev–Trinajstić information content (AvgIpc) is 2.81. The molecule has 6 heteroatoms. The molecule has 5 nitrogen and oxygen atoms in total. The van der Waals surface area contributed by atoms with Crippen LogP contribution in [0.25, 0.3) is 0 Å². The minimum atomic E-state index is -0.105. The van der Waals surface area contributed by atoms with Crippen molar-refractivity contribution in [2.24, 2.45) is 11.7 Å². The van der Waals surface area contributed by atoms with Crippen LogP contribution >= 0.6 is 11.3 Å². The van der Waals surface area contributed by atoms with E-state index in [0.29, 0.717) is 0 Å². The molecule has 2 N–H and O–H groups in total. The lowest BCUT2D eigenvalue weighted by Crippen LogP contribution is -2.43. The molecule has 2 atom stereocenters. The lowest BCUT2D eigenvalue weighted by atomic mass is 10.0. The van der Waals surface area contributed by atoms with E-state index in [-0.39, 0.29) is 17.9 Å². The van der Waals surface area contributed by atoms with Gasteiger partial charge in [-0.15, -0.1) is 11.3 Å². The second kappa shape index (κ2) is 6.34. The van der Waals surface area contributed by atoms with Gasteiger partial charge in [0.2, 0.25) is 5.91 Å². The van der Waals surface area contributed by atoms with Gasteiger partial charge in [0.15, 0.2) is 5.13 Å². The van der Waals surface area contributed by atoms with Gasteiger partial charge in [-0.3, -0.25) is 4.79 Å². The molecule has 19 heavy (non-hydrogen) atoms. The summed E-state index contributed by atoms with van der Waals surface area (Å²) in [5, 5.41) is 3.04. The largest absolute Gasteiger partial charge is 0.346 e. The molecule has 0 saturated carbocycles. The topological polar surface area (TPSA) is 62.5 Å². The van der Waals surface area contributed by atoms with Gasteiger partial charge in [-0.2, -0.15) is 0 Å². The molecule has 1 amide bonds. The third-order valence-corrected chi connectivity index (χ3v) is 4.51. The molecule has 1 aliphatic heterocycles. The normalized spacial score (nSPS) is 19.9. The van der Waals surface area contributed by atoms with Gasteiger partial charge in [0.1, 0.15) is 0 Å². The minimum absolute atomic E-state index is 0.0918. The molecule has 1 aromatic rings. The van der Waals surface area contributed by atoms with Gasteiger partial charge in [0.25, 0.3) is 0 Å². The number of aromatic nitrogens is 1. The second-order valence-corrected chi connectivity index (χ2v) is 6.00. The quantitative estimate of drug-likeness (QED) is 0.904. The van der Waals surface area contributed by atoms with Gasteiger partial charge >= 0.3 is 0 Å². The van der Waals surface area contributed by atoms with Gasteiger partial charge in [-0.1, -0.05) is 6.92 Å². The summed E-state index contributed by atoms with van der Waals surface area (Å²) in [6, 6.07) is -0.0918. The molecular weight excluding hydrogens is 260 g/mol. The predicted octanol–water partition coefficient (Wildman–Crippen LogP) is 1.17. The Balaban J connectivity index is 1.95. The van der Waals surface area contributed by atoms with Crippen LogP contribution in [-0.2, 0) is 4.79 Å². The van der Waals surface area contributed by atoms with Crippen LogP contribution in [-0.4, -0.2) is 48.0 Å². The molecule has 0 radical (unpaired) electrons. The van der Waals surface area contributed by atoms with Crippen molar-refractivity contribution in [1.29, 1.82) is 0 Å². The molecule has 106 valence electrons. The maximum Gasteiger partial charge on any atom is 0.227 e. The lowest BCUT2D eigenvalue weighted by Gasteiger charge is -2.26. The number of nitrogens with zero attached hydrogens (tertiary/aromatic N) is 3. The van der Waals surface area contributed by atoms with E-state index in [2.05, 4.69) is 9.88 Å². The second-order valence-electron chi connectivity index (χ2n) is 5.13. The van der Waals surface area contributed by atoms with Gasteiger partial charge < -0.3 is 15.5 Å². The third kappa shape index (κ3) is 3.45. The number of anilines is 1. The highest BCUT2D eigenvalue weighted by molar-refractivity contribution is 7.13. The van der Waals surface area contributed by atoms with Crippen LogP contribution in [0.15, 0.2) is 11.6 Å². The highest BCUT2D eigenvalue weighted by Crippen LogP contribution is 2.19.